The monoisotopic (exact) mass is 340 g/mol. The van der Waals surface area contributed by atoms with Gasteiger partial charge in [0.15, 0.2) is 0 Å². The second-order valence-electron chi connectivity index (χ2n) is 6.12. The number of amides is 2. The molecule has 0 aromatic heterocycles. The van der Waals surface area contributed by atoms with Crippen LogP contribution in [0.3, 0.4) is 0 Å². The minimum absolute atomic E-state index is 0.0713. The van der Waals surface area contributed by atoms with E-state index in [0.717, 1.165) is 16.9 Å². The Morgan fingerprint density at radius 2 is 1.76 bits per heavy atom. The first-order valence-electron chi connectivity index (χ1n) is 8.04. The summed E-state index contributed by atoms with van der Waals surface area (Å²) in [6.07, 6.45) is 0. The van der Waals surface area contributed by atoms with Crippen LogP contribution in [0.1, 0.15) is 21.5 Å². The molecule has 0 unspecified atom stereocenters. The van der Waals surface area contributed by atoms with E-state index in [9.17, 15) is 9.59 Å². The van der Waals surface area contributed by atoms with Gasteiger partial charge in [0.2, 0.25) is 0 Å². The number of aryl methyl sites for hydroxylation is 2. The maximum Gasteiger partial charge on any atom is 0.269 e. The van der Waals surface area contributed by atoms with Crippen LogP contribution in [0.25, 0.3) is 0 Å². The molecular weight excluding hydrogens is 316 g/mol. The van der Waals surface area contributed by atoms with Crippen LogP contribution in [-0.2, 0) is 4.79 Å². The molecule has 0 aliphatic carbocycles. The number of hydrogen-bond donors (Lipinski definition) is 3. The van der Waals surface area contributed by atoms with E-state index in [1.807, 2.05) is 57.1 Å². The number of hydrogen-bond acceptors (Lipinski definition) is 4. The predicted octanol–water partition coefficient (Wildman–Crippen LogP) is 2.24. The Kier molecular flexibility index (Phi) is 6.00. The highest BCUT2D eigenvalue weighted by atomic mass is 16.2. The third-order valence-corrected chi connectivity index (χ3v) is 3.76. The van der Waals surface area contributed by atoms with E-state index in [1.54, 1.807) is 18.2 Å². The zero-order valence-corrected chi connectivity index (χ0v) is 15.0. The first kappa shape index (κ1) is 18.3. The van der Waals surface area contributed by atoms with Gasteiger partial charge in [0, 0.05) is 31.0 Å². The number of carbonyl (C=O) groups excluding carboxylic acids is 2. The summed E-state index contributed by atoms with van der Waals surface area (Å²) in [5.74, 6) is -0.680. The fourth-order valence-electron chi connectivity index (χ4n) is 2.36. The van der Waals surface area contributed by atoms with Crippen molar-refractivity contribution >= 4 is 23.2 Å². The van der Waals surface area contributed by atoms with Gasteiger partial charge in [0.1, 0.15) is 0 Å². The summed E-state index contributed by atoms with van der Waals surface area (Å²) in [5.41, 5.74) is 9.36. The number of hydrazine groups is 1. The summed E-state index contributed by atoms with van der Waals surface area (Å²) < 4.78 is 0. The first-order valence-corrected chi connectivity index (χ1v) is 8.04. The fraction of sp³-hybridized carbons (Fsp3) is 0.263. The van der Waals surface area contributed by atoms with Crippen LogP contribution >= 0.6 is 0 Å². The zero-order valence-electron chi connectivity index (χ0n) is 15.0. The highest BCUT2D eigenvalue weighted by molar-refractivity contribution is 5.96. The van der Waals surface area contributed by atoms with Crippen LogP contribution in [0.4, 0.5) is 11.4 Å². The van der Waals surface area contributed by atoms with Gasteiger partial charge in [0.05, 0.1) is 6.54 Å². The van der Waals surface area contributed by atoms with E-state index in [1.165, 1.54) is 5.56 Å². The van der Waals surface area contributed by atoms with E-state index in [2.05, 4.69) is 16.2 Å². The SMILES string of the molecule is Cc1ccc(NCC(=O)NNC(=O)c2cccc(N(C)C)c2)c(C)c1. The first-order chi connectivity index (χ1) is 11.9. The minimum atomic E-state index is -0.358. The Balaban J connectivity index is 1.85. The molecule has 0 heterocycles. The molecule has 6 heteroatoms. The van der Waals surface area contributed by atoms with E-state index in [-0.39, 0.29) is 18.4 Å². The summed E-state index contributed by atoms with van der Waals surface area (Å²) >= 11 is 0. The van der Waals surface area contributed by atoms with Crippen LogP contribution in [0.5, 0.6) is 0 Å². The summed E-state index contributed by atoms with van der Waals surface area (Å²) in [6, 6.07) is 13.1. The molecule has 2 aromatic carbocycles. The van der Waals surface area contributed by atoms with Crippen LogP contribution in [0.2, 0.25) is 0 Å². The Morgan fingerprint density at radius 1 is 1.00 bits per heavy atom. The highest BCUT2D eigenvalue weighted by Crippen LogP contribution is 2.15. The molecule has 0 spiro atoms. The lowest BCUT2D eigenvalue weighted by Crippen LogP contribution is -2.44. The average molecular weight is 340 g/mol. The molecule has 0 atom stereocenters. The Morgan fingerprint density at radius 3 is 2.44 bits per heavy atom. The van der Waals surface area contributed by atoms with Crippen molar-refractivity contribution in [3.63, 3.8) is 0 Å². The van der Waals surface area contributed by atoms with Gasteiger partial charge < -0.3 is 10.2 Å². The summed E-state index contributed by atoms with van der Waals surface area (Å²) in [7, 11) is 3.80. The largest absolute Gasteiger partial charge is 0.378 e. The topological polar surface area (TPSA) is 73.5 Å². The fourth-order valence-corrected chi connectivity index (χ4v) is 2.36. The lowest BCUT2D eigenvalue weighted by Gasteiger charge is -2.14. The Bertz CT molecular complexity index is 772. The van der Waals surface area contributed by atoms with Crippen LogP contribution < -0.4 is 21.1 Å². The average Bonchev–Trinajstić information content (AvgIpc) is 2.59. The minimum Gasteiger partial charge on any atom is -0.378 e. The smallest absolute Gasteiger partial charge is 0.269 e. The molecule has 2 amide bonds. The zero-order chi connectivity index (χ0) is 18.4. The van der Waals surface area contributed by atoms with Gasteiger partial charge in [-0.25, -0.2) is 0 Å². The second-order valence-corrected chi connectivity index (χ2v) is 6.12. The molecular formula is C19H24N4O2. The van der Waals surface area contributed by atoms with Crippen molar-refractivity contribution < 1.29 is 9.59 Å². The lowest BCUT2D eigenvalue weighted by atomic mass is 10.1. The van der Waals surface area contributed by atoms with Crippen molar-refractivity contribution in [3.8, 4) is 0 Å². The highest BCUT2D eigenvalue weighted by Gasteiger charge is 2.09. The number of benzene rings is 2. The standard InChI is InChI=1S/C19H24N4O2/c1-13-8-9-17(14(2)10-13)20-12-18(24)21-22-19(25)15-6-5-7-16(11-15)23(3)4/h5-11,20H,12H2,1-4H3,(H,21,24)(H,22,25). The Labute approximate surface area is 148 Å². The van der Waals surface area contributed by atoms with Gasteiger partial charge >= 0.3 is 0 Å². The Hall–Kier alpha value is -3.02. The van der Waals surface area contributed by atoms with Crippen molar-refractivity contribution in [3.05, 3.63) is 59.2 Å². The van der Waals surface area contributed by atoms with Crippen molar-refractivity contribution in [2.75, 3.05) is 30.9 Å². The van der Waals surface area contributed by atoms with E-state index in [0.29, 0.717) is 5.56 Å². The van der Waals surface area contributed by atoms with E-state index >= 15 is 0 Å². The van der Waals surface area contributed by atoms with Gasteiger partial charge in [0.25, 0.3) is 11.8 Å². The summed E-state index contributed by atoms with van der Waals surface area (Å²) in [4.78, 5) is 25.9. The molecule has 0 saturated carbocycles. The molecule has 0 bridgehead atoms. The maximum atomic E-state index is 12.1. The number of anilines is 2. The molecule has 0 radical (unpaired) electrons. The van der Waals surface area contributed by atoms with E-state index < -0.39 is 0 Å². The third-order valence-electron chi connectivity index (χ3n) is 3.76. The van der Waals surface area contributed by atoms with Gasteiger partial charge in [-0.1, -0.05) is 23.8 Å². The van der Waals surface area contributed by atoms with Crippen molar-refractivity contribution in [2.45, 2.75) is 13.8 Å². The van der Waals surface area contributed by atoms with Gasteiger partial charge in [-0.15, -0.1) is 0 Å². The quantitative estimate of drug-likeness (QED) is 0.730. The van der Waals surface area contributed by atoms with Crippen LogP contribution in [0, 0.1) is 13.8 Å². The number of nitrogens with one attached hydrogen (secondary N) is 3. The van der Waals surface area contributed by atoms with Gasteiger partial charge in [-0.2, -0.15) is 0 Å². The van der Waals surface area contributed by atoms with Gasteiger partial charge in [-0.05, 0) is 43.7 Å². The van der Waals surface area contributed by atoms with Gasteiger partial charge in [-0.3, -0.25) is 20.4 Å². The second kappa shape index (κ2) is 8.19. The molecule has 2 aromatic rings. The number of carbonyl (C=O) groups is 2. The summed E-state index contributed by atoms with van der Waals surface area (Å²) in [6.45, 7) is 4.07. The molecule has 25 heavy (non-hydrogen) atoms. The molecule has 0 fully saturated rings. The predicted molar refractivity (Wildman–Crippen MR) is 101 cm³/mol. The third kappa shape index (κ3) is 5.24. The lowest BCUT2D eigenvalue weighted by molar-refractivity contribution is -0.120. The number of rotatable bonds is 5. The molecule has 0 saturated heterocycles. The molecule has 132 valence electrons. The van der Waals surface area contributed by atoms with Crippen LogP contribution in [-0.4, -0.2) is 32.5 Å². The van der Waals surface area contributed by atoms with E-state index in [4.69, 9.17) is 0 Å². The normalized spacial score (nSPS) is 10.1. The van der Waals surface area contributed by atoms with Crippen molar-refractivity contribution in [1.82, 2.24) is 10.9 Å². The molecule has 0 aliphatic heterocycles. The van der Waals surface area contributed by atoms with Crippen LogP contribution in [0.15, 0.2) is 42.5 Å². The summed E-state index contributed by atoms with van der Waals surface area (Å²) in [5, 5.41) is 3.06. The molecule has 6 nitrogen and oxygen atoms in total. The molecule has 3 N–H and O–H groups in total. The van der Waals surface area contributed by atoms with Crippen molar-refractivity contribution in [2.24, 2.45) is 0 Å². The molecule has 0 aliphatic rings. The molecule has 2 rings (SSSR count). The number of nitrogens with zero attached hydrogens (tertiary/aromatic N) is 1. The van der Waals surface area contributed by atoms with Crippen molar-refractivity contribution in [1.29, 1.82) is 0 Å². The maximum absolute atomic E-state index is 12.1.